The molecule has 0 radical (unpaired) electrons. The maximum absolute atomic E-state index is 13.0. The molecule has 0 aliphatic rings. The number of hydrogen-bond donors (Lipinski definition) is 1. The number of carbonyl (C=O) groups is 2. The number of hydrogen-bond acceptors (Lipinski definition) is 6. The zero-order chi connectivity index (χ0) is 26.0. The van der Waals surface area contributed by atoms with Gasteiger partial charge in [0.15, 0.2) is 5.69 Å². The largest absolute Gasteiger partial charge is 0.507 e. The minimum Gasteiger partial charge on any atom is -0.507 e. The van der Waals surface area contributed by atoms with E-state index in [0.717, 1.165) is 26.4 Å². The van der Waals surface area contributed by atoms with Crippen LogP contribution in [0.1, 0.15) is 26.4 Å². The third-order valence-electron chi connectivity index (χ3n) is 5.45. The number of halogens is 3. The summed E-state index contributed by atoms with van der Waals surface area (Å²) in [6.45, 7) is 0. The van der Waals surface area contributed by atoms with E-state index in [4.69, 9.17) is 9.47 Å². The highest BCUT2D eigenvalue weighted by molar-refractivity contribution is 6.07. The first-order valence-electron chi connectivity index (χ1n) is 10.5. The average Bonchev–Trinajstić information content (AvgIpc) is 3.28. The van der Waals surface area contributed by atoms with E-state index in [0.29, 0.717) is 16.8 Å². The first-order valence-corrected chi connectivity index (χ1v) is 10.5. The summed E-state index contributed by atoms with van der Waals surface area (Å²) < 4.78 is 49.9. The third kappa shape index (κ3) is 4.52. The van der Waals surface area contributed by atoms with Gasteiger partial charge in [0.2, 0.25) is 0 Å². The molecule has 0 saturated heterocycles. The van der Waals surface area contributed by atoms with Gasteiger partial charge >= 0.3 is 18.1 Å². The molecule has 0 amide bonds. The summed E-state index contributed by atoms with van der Waals surface area (Å²) in [5.74, 6) is -2.03. The molecular weight excluding hydrogens is 477 g/mol. The molecule has 0 bridgehead atoms. The van der Waals surface area contributed by atoms with Crippen LogP contribution in [-0.2, 0) is 15.7 Å². The van der Waals surface area contributed by atoms with Crippen molar-refractivity contribution in [1.82, 2.24) is 9.78 Å². The Balaban J connectivity index is 1.94. The van der Waals surface area contributed by atoms with Gasteiger partial charge in [0.1, 0.15) is 17.0 Å². The highest BCUT2D eigenvalue weighted by Crippen LogP contribution is 2.38. The average molecular weight is 496 g/mol. The number of benzene rings is 3. The summed E-state index contributed by atoms with van der Waals surface area (Å²) in [6, 6.07) is 17.3. The number of aromatic nitrogens is 2. The van der Waals surface area contributed by atoms with Crippen molar-refractivity contribution in [3.8, 4) is 33.8 Å². The van der Waals surface area contributed by atoms with Crippen LogP contribution in [0.25, 0.3) is 28.1 Å². The van der Waals surface area contributed by atoms with Gasteiger partial charge in [-0.25, -0.2) is 14.3 Å². The van der Waals surface area contributed by atoms with Crippen LogP contribution in [-0.4, -0.2) is 41.0 Å². The number of aromatic hydroxyl groups is 1. The second-order valence-corrected chi connectivity index (χ2v) is 7.61. The lowest BCUT2D eigenvalue weighted by Crippen LogP contribution is -2.15. The summed E-state index contributed by atoms with van der Waals surface area (Å²) >= 11 is 0. The van der Waals surface area contributed by atoms with Crippen molar-refractivity contribution in [2.75, 3.05) is 14.2 Å². The molecular formula is C26H19F3N2O5. The number of phenolic OH excluding ortho intramolecular Hbond substituents is 1. The molecule has 1 aromatic heterocycles. The predicted molar refractivity (Wildman–Crippen MR) is 124 cm³/mol. The molecule has 0 unspecified atom stereocenters. The Labute approximate surface area is 203 Å². The molecule has 0 spiro atoms. The van der Waals surface area contributed by atoms with Crippen LogP contribution in [0.15, 0.2) is 72.8 Å². The first-order chi connectivity index (χ1) is 17.2. The van der Waals surface area contributed by atoms with Crippen LogP contribution >= 0.6 is 0 Å². The van der Waals surface area contributed by atoms with E-state index in [1.165, 1.54) is 35.0 Å². The number of para-hydroxylation sites is 1. The van der Waals surface area contributed by atoms with Gasteiger partial charge in [-0.1, -0.05) is 36.4 Å². The fourth-order valence-electron chi connectivity index (χ4n) is 3.70. The van der Waals surface area contributed by atoms with E-state index in [-0.39, 0.29) is 28.3 Å². The molecule has 0 saturated carbocycles. The molecule has 1 N–H and O–H groups in total. The van der Waals surface area contributed by atoms with Crippen molar-refractivity contribution < 1.29 is 37.3 Å². The predicted octanol–water partition coefficient (Wildman–Crippen LogP) is 5.50. The van der Waals surface area contributed by atoms with Crippen molar-refractivity contribution >= 4 is 11.9 Å². The number of rotatable bonds is 5. The molecule has 0 aliphatic heterocycles. The number of phenols is 1. The van der Waals surface area contributed by atoms with Crippen LogP contribution in [0.5, 0.6) is 5.75 Å². The number of alkyl halides is 3. The van der Waals surface area contributed by atoms with E-state index in [1.807, 2.05) is 0 Å². The molecule has 1 heterocycles. The fourth-order valence-corrected chi connectivity index (χ4v) is 3.70. The van der Waals surface area contributed by atoms with Gasteiger partial charge in [-0.3, -0.25) is 0 Å². The Morgan fingerprint density at radius 2 is 1.47 bits per heavy atom. The number of esters is 2. The molecule has 4 rings (SSSR count). The van der Waals surface area contributed by atoms with Crippen LogP contribution < -0.4 is 0 Å². The second-order valence-electron chi connectivity index (χ2n) is 7.61. The molecule has 184 valence electrons. The van der Waals surface area contributed by atoms with Gasteiger partial charge < -0.3 is 14.6 Å². The highest BCUT2D eigenvalue weighted by atomic mass is 19.4. The van der Waals surface area contributed by atoms with Gasteiger partial charge in [0, 0.05) is 5.56 Å². The van der Waals surface area contributed by atoms with Crippen molar-refractivity contribution in [3.05, 3.63) is 89.6 Å². The Hall–Kier alpha value is -4.60. The van der Waals surface area contributed by atoms with Crippen LogP contribution in [0.4, 0.5) is 13.2 Å². The molecule has 36 heavy (non-hydrogen) atoms. The Bertz CT molecular complexity index is 1430. The number of methoxy groups -OCH3 is 2. The lowest BCUT2D eigenvalue weighted by atomic mass is 9.98. The summed E-state index contributed by atoms with van der Waals surface area (Å²) in [7, 11) is 2.28. The van der Waals surface area contributed by atoms with Crippen LogP contribution in [0.3, 0.4) is 0 Å². The summed E-state index contributed by atoms with van der Waals surface area (Å²) in [5, 5.41) is 15.1. The maximum Gasteiger partial charge on any atom is 0.416 e. The second kappa shape index (κ2) is 9.57. The standard InChI is InChI=1S/C26H19F3N2O5/c1-35-24(33)21-22(30-31(23(21)25(34)36-2)18-6-4-3-5-7-18)19-14-16(10-13-20(19)32)15-8-11-17(12-9-15)26(27,28)29/h3-14,32H,1-2H3. The Morgan fingerprint density at radius 1 is 0.861 bits per heavy atom. The summed E-state index contributed by atoms with van der Waals surface area (Å²) in [6.07, 6.45) is -4.48. The quantitative estimate of drug-likeness (QED) is 0.367. The van der Waals surface area contributed by atoms with Crippen LogP contribution in [0, 0.1) is 0 Å². The van der Waals surface area contributed by atoms with E-state index < -0.39 is 23.7 Å². The molecule has 0 aliphatic carbocycles. The molecule has 0 atom stereocenters. The monoisotopic (exact) mass is 496 g/mol. The molecule has 4 aromatic rings. The van der Waals surface area contributed by atoms with Crippen molar-refractivity contribution in [1.29, 1.82) is 0 Å². The molecule has 3 aromatic carbocycles. The van der Waals surface area contributed by atoms with E-state index in [2.05, 4.69) is 5.10 Å². The van der Waals surface area contributed by atoms with Gasteiger partial charge in [-0.2, -0.15) is 18.3 Å². The third-order valence-corrected chi connectivity index (χ3v) is 5.45. The van der Waals surface area contributed by atoms with E-state index in [1.54, 1.807) is 30.3 Å². The SMILES string of the molecule is COC(=O)c1c(-c2cc(-c3ccc(C(F)(F)F)cc3)ccc2O)nn(-c2ccccc2)c1C(=O)OC. The smallest absolute Gasteiger partial charge is 0.416 e. The fraction of sp³-hybridized carbons (Fsp3) is 0.115. The lowest BCUT2D eigenvalue weighted by molar-refractivity contribution is -0.137. The van der Waals surface area contributed by atoms with Gasteiger partial charge in [-0.15, -0.1) is 0 Å². The maximum atomic E-state index is 13.0. The summed E-state index contributed by atoms with van der Waals surface area (Å²) in [4.78, 5) is 25.6. The zero-order valence-corrected chi connectivity index (χ0v) is 19.0. The Morgan fingerprint density at radius 3 is 2.06 bits per heavy atom. The van der Waals surface area contributed by atoms with Gasteiger partial charge in [0.05, 0.1) is 25.5 Å². The minimum atomic E-state index is -4.48. The first kappa shape index (κ1) is 24.5. The van der Waals surface area contributed by atoms with Crippen LogP contribution in [0.2, 0.25) is 0 Å². The number of carbonyl (C=O) groups excluding carboxylic acids is 2. The Kier molecular flexibility index (Phi) is 6.52. The lowest BCUT2D eigenvalue weighted by Gasteiger charge is -2.10. The van der Waals surface area contributed by atoms with Crippen molar-refractivity contribution in [3.63, 3.8) is 0 Å². The zero-order valence-electron chi connectivity index (χ0n) is 19.0. The number of ether oxygens (including phenoxy) is 2. The summed E-state index contributed by atoms with van der Waals surface area (Å²) in [5.41, 5.74) is 0.0407. The van der Waals surface area contributed by atoms with Crippen molar-refractivity contribution in [2.24, 2.45) is 0 Å². The topological polar surface area (TPSA) is 90.6 Å². The van der Waals surface area contributed by atoms with E-state index >= 15 is 0 Å². The highest BCUT2D eigenvalue weighted by Gasteiger charge is 2.33. The van der Waals surface area contributed by atoms with Gasteiger partial charge in [0.25, 0.3) is 0 Å². The normalized spacial score (nSPS) is 11.2. The van der Waals surface area contributed by atoms with Gasteiger partial charge in [-0.05, 0) is 47.5 Å². The minimum absolute atomic E-state index is 0.0626. The molecule has 10 heteroatoms. The molecule has 7 nitrogen and oxygen atoms in total. The molecule has 0 fully saturated rings. The van der Waals surface area contributed by atoms with E-state index in [9.17, 15) is 27.9 Å². The van der Waals surface area contributed by atoms with Crippen molar-refractivity contribution in [2.45, 2.75) is 6.18 Å². The number of nitrogens with zero attached hydrogens (tertiary/aromatic N) is 2.